The first kappa shape index (κ1) is 14.3. The molecular weight excluding hydrogens is 226 g/mol. The highest BCUT2D eigenvalue weighted by atomic mass is 16.5. The van der Waals surface area contributed by atoms with Crippen LogP contribution in [0.15, 0.2) is 0 Å². The zero-order chi connectivity index (χ0) is 12.8. The van der Waals surface area contributed by atoms with Crippen molar-refractivity contribution in [3.63, 3.8) is 0 Å². The summed E-state index contributed by atoms with van der Waals surface area (Å²) < 4.78 is 5.65. The molecule has 0 aromatic rings. The van der Waals surface area contributed by atoms with Crippen LogP contribution in [-0.2, 0) is 4.74 Å². The Balaban J connectivity index is 1.73. The summed E-state index contributed by atoms with van der Waals surface area (Å²) in [5, 5.41) is 0. The maximum Gasteiger partial charge on any atom is 0.0823 e. The summed E-state index contributed by atoms with van der Waals surface area (Å²) in [6, 6.07) is 0.783. The lowest BCUT2D eigenvalue weighted by molar-refractivity contribution is 0.0424. The van der Waals surface area contributed by atoms with Crippen molar-refractivity contribution in [3.8, 4) is 0 Å². The van der Waals surface area contributed by atoms with Gasteiger partial charge in [0.2, 0.25) is 0 Å². The molecule has 0 aliphatic carbocycles. The molecule has 2 aliphatic heterocycles. The number of piperidine rings is 1. The molecule has 0 saturated carbocycles. The van der Waals surface area contributed by atoms with Gasteiger partial charge in [-0.15, -0.1) is 0 Å². The first-order chi connectivity index (χ1) is 8.83. The van der Waals surface area contributed by atoms with Crippen molar-refractivity contribution < 1.29 is 4.74 Å². The van der Waals surface area contributed by atoms with E-state index in [2.05, 4.69) is 9.80 Å². The normalized spacial score (nSPS) is 28.7. The van der Waals surface area contributed by atoms with Gasteiger partial charge in [-0.25, -0.2) is 0 Å². The standard InChI is InChI=1S/C14H29N3O/c1-2-18-14(10-15)12-16-9-6-13(11-16)17-7-4-3-5-8-17/h13-14H,2-12,15H2,1H3. The number of hydrogen-bond acceptors (Lipinski definition) is 4. The van der Waals surface area contributed by atoms with Crippen molar-refractivity contribution in [2.75, 3.05) is 45.9 Å². The van der Waals surface area contributed by atoms with E-state index < -0.39 is 0 Å². The molecule has 0 bridgehead atoms. The number of ether oxygens (including phenoxy) is 1. The number of likely N-dealkylation sites (tertiary alicyclic amines) is 2. The third-order valence-corrected chi connectivity index (χ3v) is 4.28. The molecule has 2 rings (SSSR count). The van der Waals surface area contributed by atoms with Gasteiger partial charge in [0.1, 0.15) is 0 Å². The third-order valence-electron chi connectivity index (χ3n) is 4.28. The minimum absolute atomic E-state index is 0.218. The van der Waals surface area contributed by atoms with Crippen LogP contribution in [0.3, 0.4) is 0 Å². The Labute approximate surface area is 111 Å². The van der Waals surface area contributed by atoms with Gasteiger partial charge in [0.25, 0.3) is 0 Å². The van der Waals surface area contributed by atoms with Crippen LogP contribution >= 0.6 is 0 Å². The maximum absolute atomic E-state index is 5.75. The average Bonchev–Trinajstić information content (AvgIpc) is 2.88. The molecule has 4 nitrogen and oxygen atoms in total. The van der Waals surface area contributed by atoms with E-state index in [1.165, 1.54) is 51.9 Å². The summed E-state index contributed by atoms with van der Waals surface area (Å²) in [6.45, 7) is 9.50. The van der Waals surface area contributed by atoms with Gasteiger partial charge in [0.05, 0.1) is 6.10 Å². The Morgan fingerprint density at radius 2 is 2.00 bits per heavy atom. The molecule has 2 saturated heterocycles. The molecule has 0 aromatic heterocycles. The van der Waals surface area contributed by atoms with Gasteiger partial charge in [-0.1, -0.05) is 6.42 Å². The fourth-order valence-electron chi connectivity index (χ4n) is 3.28. The van der Waals surface area contributed by atoms with Gasteiger partial charge in [0.15, 0.2) is 0 Å². The summed E-state index contributed by atoms with van der Waals surface area (Å²) in [5.74, 6) is 0. The fraction of sp³-hybridized carbons (Fsp3) is 1.00. The highest BCUT2D eigenvalue weighted by molar-refractivity contribution is 4.85. The Bertz CT molecular complexity index is 231. The molecule has 0 spiro atoms. The molecule has 106 valence electrons. The van der Waals surface area contributed by atoms with Crippen molar-refractivity contribution in [2.45, 2.75) is 44.8 Å². The van der Waals surface area contributed by atoms with E-state index >= 15 is 0 Å². The van der Waals surface area contributed by atoms with Crippen molar-refractivity contribution in [1.29, 1.82) is 0 Å². The van der Waals surface area contributed by atoms with Crippen LogP contribution in [0, 0.1) is 0 Å². The monoisotopic (exact) mass is 255 g/mol. The molecule has 2 atom stereocenters. The number of nitrogens with two attached hydrogens (primary N) is 1. The SMILES string of the molecule is CCOC(CN)CN1CCC(N2CCCCC2)C1. The van der Waals surface area contributed by atoms with Crippen LogP contribution in [0.5, 0.6) is 0 Å². The quantitative estimate of drug-likeness (QED) is 0.766. The lowest BCUT2D eigenvalue weighted by atomic mass is 10.1. The van der Waals surface area contributed by atoms with Gasteiger partial charge in [-0.2, -0.15) is 0 Å². The zero-order valence-electron chi connectivity index (χ0n) is 11.8. The maximum atomic E-state index is 5.75. The molecule has 2 aliphatic rings. The second-order valence-corrected chi connectivity index (χ2v) is 5.61. The largest absolute Gasteiger partial charge is 0.376 e. The highest BCUT2D eigenvalue weighted by Gasteiger charge is 2.29. The smallest absolute Gasteiger partial charge is 0.0823 e. The summed E-state index contributed by atoms with van der Waals surface area (Å²) in [4.78, 5) is 5.23. The summed E-state index contributed by atoms with van der Waals surface area (Å²) in [5.41, 5.74) is 5.75. The molecule has 0 aromatic carbocycles. The Kier molecular flexibility index (Phi) is 5.89. The van der Waals surface area contributed by atoms with Gasteiger partial charge < -0.3 is 10.5 Å². The molecule has 2 N–H and O–H groups in total. The molecular formula is C14H29N3O. The van der Waals surface area contributed by atoms with Crippen LogP contribution in [0.2, 0.25) is 0 Å². The number of nitrogens with zero attached hydrogens (tertiary/aromatic N) is 2. The van der Waals surface area contributed by atoms with E-state index in [1.807, 2.05) is 6.92 Å². The van der Waals surface area contributed by atoms with Crippen molar-refractivity contribution >= 4 is 0 Å². The minimum Gasteiger partial charge on any atom is -0.376 e. The minimum atomic E-state index is 0.218. The van der Waals surface area contributed by atoms with Gasteiger partial charge in [-0.05, 0) is 45.8 Å². The van der Waals surface area contributed by atoms with Gasteiger partial charge in [0, 0.05) is 32.3 Å². The first-order valence-corrected chi connectivity index (χ1v) is 7.61. The Morgan fingerprint density at radius 3 is 2.67 bits per heavy atom. The average molecular weight is 255 g/mol. The lowest BCUT2D eigenvalue weighted by Crippen LogP contribution is -2.42. The Morgan fingerprint density at radius 1 is 1.22 bits per heavy atom. The zero-order valence-corrected chi connectivity index (χ0v) is 11.8. The van der Waals surface area contributed by atoms with E-state index in [0.717, 1.165) is 19.2 Å². The summed E-state index contributed by atoms with van der Waals surface area (Å²) >= 11 is 0. The molecule has 2 unspecified atom stereocenters. The molecule has 18 heavy (non-hydrogen) atoms. The Hall–Kier alpha value is -0.160. The van der Waals surface area contributed by atoms with Crippen LogP contribution in [-0.4, -0.2) is 67.8 Å². The summed E-state index contributed by atoms with van der Waals surface area (Å²) in [6.07, 6.45) is 5.74. The van der Waals surface area contributed by atoms with Crippen LogP contribution < -0.4 is 5.73 Å². The number of rotatable bonds is 6. The fourth-order valence-corrected chi connectivity index (χ4v) is 3.28. The van der Waals surface area contributed by atoms with Gasteiger partial charge >= 0.3 is 0 Å². The second-order valence-electron chi connectivity index (χ2n) is 5.61. The van der Waals surface area contributed by atoms with Crippen LogP contribution in [0.25, 0.3) is 0 Å². The van der Waals surface area contributed by atoms with Crippen molar-refractivity contribution in [2.24, 2.45) is 5.73 Å². The number of hydrogen-bond donors (Lipinski definition) is 1. The van der Waals surface area contributed by atoms with E-state index in [1.54, 1.807) is 0 Å². The van der Waals surface area contributed by atoms with Crippen LogP contribution in [0.1, 0.15) is 32.6 Å². The molecule has 2 heterocycles. The van der Waals surface area contributed by atoms with Crippen LogP contribution in [0.4, 0.5) is 0 Å². The van der Waals surface area contributed by atoms with E-state index in [4.69, 9.17) is 10.5 Å². The third kappa shape index (κ3) is 3.92. The molecule has 4 heteroatoms. The molecule has 2 fully saturated rings. The molecule has 0 amide bonds. The molecule has 0 radical (unpaired) electrons. The highest BCUT2D eigenvalue weighted by Crippen LogP contribution is 2.20. The first-order valence-electron chi connectivity index (χ1n) is 7.61. The van der Waals surface area contributed by atoms with E-state index in [9.17, 15) is 0 Å². The summed E-state index contributed by atoms with van der Waals surface area (Å²) in [7, 11) is 0. The second kappa shape index (κ2) is 7.43. The predicted octanol–water partition coefficient (Wildman–Crippen LogP) is 0.910. The topological polar surface area (TPSA) is 41.7 Å². The van der Waals surface area contributed by atoms with E-state index in [-0.39, 0.29) is 6.10 Å². The van der Waals surface area contributed by atoms with Crippen molar-refractivity contribution in [3.05, 3.63) is 0 Å². The van der Waals surface area contributed by atoms with Crippen molar-refractivity contribution in [1.82, 2.24) is 9.80 Å². The van der Waals surface area contributed by atoms with Gasteiger partial charge in [-0.3, -0.25) is 9.80 Å². The predicted molar refractivity (Wildman–Crippen MR) is 74.7 cm³/mol. The van der Waals surface area contributed by atoms with E-state index in [0.29, 0.717) is 6.54 Å². The lowest BCUT2D eigenvalue weighted by Gasteiger charge is -2.32.